The van der Waals surface area contributed by atoms with Gasteiger partial charge in [0.1, 0.15) is 17.3 Å². The molecule has 0 bridgehead atoms. The van der Waals surface area contributed by atoms with E-state index in [1.54, 1.807) is 12.1 Å². The van der Waals surface area contributed by atoms with Gasteiger partial charge in [0, 0.05) is 42.4 Å². The number of nitrogens with zero attached hydrogens (tertiary/aromatic N) is 1. The number of hydrogen-bond acceptors (Lipinski definition) is 6. The van der Waals surface area contributed by atoms with E-state index >= 15 is 0 Å². The lowest BCUT2D eigenvalue weighted by molar-refractivity contribution is -0.385. The van der Waals surface area contributed by atoms with E-state index in [-0.39, 0.29) is 24.3 Å². The van der Waals surface area contributed by atoms with Crippen LogP contribution in [-0.2, 0) is 9.59 Å². The van der Waals surface area contributed by atoms with E-state index in [1.165, 1.54) is 24.5 Å². The number of Topliss-reactive ketones (excluding diaryl/α,β-unsaturated/α-hetero) is 1. The zero-order valence-electron chi connectivity index (χ0n) is 12.5. The third kappa shape index (κ3) is 2.20. The SMILES string of the molecule is O=C1C[C@H](c2ccco2)[C@@H]2C(=O)Oc3ccc([N+](=O)[O-])cc3[C@@H]2C1. The van der Waals surface area contributed by atoms with Crippen LogP contribution < -0.4 is 4.74 Å². The molecule has 0 saturated heterocycles. The Bertz CT molecular complexity index is 841. The third-order valence-corrected chi connectivity index (χ3v) is 4.76. The van der Waals surface area contributed by atoms with Gasteiger partial charge in [-0.1, -0.05) is 0 Å². The quantitative estimate of drug-likeness (QED) is 0.364. The lowest BCUT2D eigenvalue weighted by Gasteiger charge is -2.38. The van der Waals surface area contributed by atoms with Crippen LogP contribution in [0, 0.1) is 16.0 Å². The molecule has 0 radical (unpaired) electrons. The Labute approximate surface area is 136 Å². The van der Waals surface area contributed by atoms with Crippen molar-refractivity contribution < 1.29 is 23.7 Å². The van der Waals surface area contributed by atoms with Crippen molar-refractivity contribution in [3.63, 3.8) is 0 Å². The Kier molecular flexibility index (Phi) is 3.23. The number of rotatable bonds is 2. The van der Waals surface area contributed by atoms with Crippen molar-refractivity contribution in [2.75, 3.05) is 0 Å². The summed E-state index contributed by atoms with van der Waals surface area (Å²) in [6, 6.07) is 7.55. The second kappa shape index (κ2) is 5.30. The average Bonchev–Trinajstić information content (AvgIpc) is 3.08. The lowest BCUT2D eigenvalue weighted by Crippen LogP contribution is -2.40. The predicted molar refractivity (Wildman–Crippen MR) is 80.7 cm³/mol. The Morgan fingerprint density at radius 2 is 1.92 bits per heavy atom. The minimum absolute atomic E-state index is 0.00445. The average molecular weight is 327 g/mol. The maximum Gasteiger partial charge on any atom is 0.315 e. The summed E-state index contributed by atoms with van der Waals surface area (Å²) in [5.74, 6) is -0.990. The highest BCUT2D eigenvalue weighted by atomic mass is 16.6. The molecule has 0 spiro atoms. The smallest absolute Gasteiger partial charge is 0.315 e. The number of carbonyl (C=O) groups is 2. The van der Waals surface area contributed by atoms with Gasteiger partial charge in [-0.2, -0.15) is 0 Å². The van der Waals surface area contributed by atoms with Crippen molar-refractivity contribution in [2.45, 2.75) is 24.7 Å². The first kappa shape index (κ1) is 14.6. The summed E-state index contributed by atoms with van der Waals surface area (Å²) < 4.78 is 10.8. The lowest BCUT2D eigenvalue weighted by atomic mass is 9.67. The van der Waals surface area contributed by atoms with Crippen molar-refractivity contribution in [1.29, 1.82) is 0 Å². The van der Waals surface area contributed by atoms with Crippen LogP contribution in [0.1, 0.15) is 36.0 Å². The summed E-state index contributed by atoms with van der Waals surface area (Å²) in [4.78, 5) is 35.3. The van der Waals surface area contributed by atoms with E-state index < -0.39 is 28.6 Å². The van der Waals surface area contributed by atoms with Gasteiger partial charge in [-0.15, -0.1) is 0 Å². The fraction of sp³-hybridized carbons (Fsp3) is 0.294. The van der Waals surface area contributed by atoms with Crippen LogP contribution >= 0.6 is 0 Å². The second-order valence-electron chi connectivity index (χ2n) is 6.10. The molecule has 122 valence electrons. The molecule has 2 aromatic rings. The summed E-state index contributed by atoms with van der Waals surface area (Å²) in [6.45, 7) is 0. The first-order valence-electron chi connectivity index (χ1n) is 7.59. The molecule has 1 saturated carbocycles. The van der Waals surface area contributed by atoms with Crippen LogP contribution in [0.3, 0.4) is 0 Å². The molecule has 1 aromatic heterocycles. The number of esters is 1. The van der Waals surface area contributed by atoms with Gasteiger partial charge in [-0.05, 0) is 18.2 Å². The molecule has 0 amide bonds. The standard InChI is InChI=1S/C17H13NO6/c19-10-7-12-11-6-9(18(21)22)3-4-15(11)24-17(20)16(12)13(8-10)14-2-1-5-23-14/h1-6,12-13,16H,7-8H2/t12-,13+,16+/m0/s1. The Balaban J connectivity index is 1.82. The third-order valence-electron chi connectivity index (χ3n) is 4.76. The molecule has 1 aliphatic carbocycles. The van der Waals surface area contributed by atoms with Gasteiger partial charge in [-0.25, -0.2) is 0 Å². The number of fused-ring (bicyclic) bond motifs is 3. The summed E-state index contributed by atoms with van der Waals surface area (Å²) in [5.41, 5.74) is 0.455. The normalized spacial score (nSPS) is 25.6. The van der Waals surface area contributed by atoms with E-state index in [0.717, 1.165) is 0 Å². The Morgan fingerprint density at radius 3 is 2.62 bits per heavy atom. The summed E-state index contributed by atoms with van der Waals surface area (Å²) in [7, 11) is 0. The largest absolute Gasteiger partial charge is 0.469 e. The molecule has 0 N–H and O–H groups in total. The minimum Gasteiger partial charge on any atom is -0.469 e. The molecule has 0 unspecified atom stereocenters. The number of nitro benzene ring substituents is 1. The molecule has 1 fully saturated rings. The molecule has 2 aliphatic rings. The van der Waals surface area contributed by atoms with Crippen molar-refractivity contribution in [3.05, 3.63) is 58.0 Å². The van der Waals surface area contributed by atoms with Crippen molar-refractivity contribution in [3.8, 4) is 5.75 Å². The molecule has 7 nitrogen and oxygen atoms in total. The van der Waals surface area contributed by atoms with Crippen molar-refractivity contribution >= 4 is 17.4 Å². The van der Waals surface area contributed by atoms with E-state index in [0.29, 0.717) is 17.1 Å². The molecule has 4 rings (SSSR count). The molecular formula is C17H13NO6. The number of hydrogen-bond donors (Lipinski definition) is 0. The van der Waals surface area contributed by atoms with Crippen LogP contribution in [0.2, 0.25) is 0 Å². The number of benzene rings is 1. The molecule has 2 heterocycles. The Morgan fingerprint density at radius 1 is 1.12 bits per heavy atom. The van der Waals surface area contributed by atoms with Crippen molar-refractivity contribution in [2.24, 2.45) is 5.92 Å². The summed E-state index contributed by atoms with van der Waals surface area (Å²) >= 11 is 0. The number of nitro groups is 1. The van der Waals surface area contributed by atoms with Gasteiger partial charge in [0.15, 0.2) is 0 Å². The molecule has 3 atom stereocenters. The van der Waals surface area contributed by atoms with E-state index in [1.807, 2.05) is 0 Å². The van der Waals surface area contributed by atoms with Gasteiger partial charge in [0.05, 0.1) is 17.1 Å². The fourth-order valence-corrected chi connectivity index (χ4v) is 3.73. The molecule has 24 heavy (non-hydrogen) atoms. The highest BCUT2D eigenvalue weighted by molar-refractivity contribution is 5.88. The van der Waals surface area contributed by atoms with E-state index in [2.05, 4.69) is 0 Å². The molecule has 7 heteroatoms. The van der Waals surface area contributed by atoms with Gasteiger partial charge >= 0.3 is 5.97 Å². The fourth-order valence-electron chi connectivity index (χ4n) is 3.73. The summed E-state index contributed by atoms with van der Waals surface area (Å²) in [6.07, 6.45) is 1.87. The first-order chi connectivity index (χ1) is 11.5. The van der Waals surface area contributed by atoms with Crippen LogP contribution in [0.4, 0.5) is 5.69 Å². The predicted octanol–water partition coefficient (Wildman–Crippen LogP) is 2.95. The van der Waals surface area contributed by atoms with Crippen LogP contribution in [0.15, 0.2) is 41.0 Å². The first-order valence-corrected chi connectivity index (χ1v) is 7.59. The van der Waals surface area contributed by atoms with Gasteiger partial charge in [0.2, 0.25) is 0 Å². The van der Waals surface area contributed by atoms with Gasteiger partial charge in [-0.3, -0.25) is 19.7 Å². The topological polar surface area (TPSA) is 99.7 Å². The van der Waals surface area contributed by atoms with Gasteiger partial charge < -0.3 is 9.15 Å². The number of furan rings is 1. The van der Waals surface area contributed by atoms with Crippen LogP contribution in [0.25, 0.3) is 0 Å². The van der Waals surface area contributed by atoms with E-state index in [9.17, 15) is 19.7 Å². The maximum atomic E-state index is 12.5. The van der Waals surface area contributed by atoms with Crippen molar-refractivity contribution in [1.82, 2.24) is 0 Å². The number of ether oxygens (including phenoxy) is 1. The zero-order chi connectivity index (χ0) is 16.8. The number of ketones is 1. The zero-order valence-corrected chi connectivity index (χ0v) is 12.5. The highest BCUT2D eigenvalue weighted by Crippen LogP contribution is 2.51. The van der Waals surface area contributed by atoms with Crippen LogP contribution in [0.5, 0.6) is 5.75 Å². The Hall–Kier alpha value is -2.96. The monoisotopic (exact) mass is 327 g/mol. The molecule has 1 aliphatic heterocycles. The maximum absolute atomic E-state index is 12.5. The molecule has 1 aromatic carbocycles. The highest BCUT2D eigenvalue weighted by Gasteiger charge is 2.48. The van der Waals surface area contributed by atoms with Crippen LogP contribution in [-0.4, -0.2) is 16.7 Å². The second-order valence-corrected chi connectivity index (χ2v) is 6.10. The number of carbonyl (C=O) groups excluding carboxylic acids is 2. The number of non-ortho nitro benzene ring substituents is 1. The molecular weight excluding hydrogens is 314 g/mol. The van der Waals surface area contributed by atoms with Gasteiger partial charge in [0.25, 0.3) is 5.69 Å². The van der Waals surface area contributed by atoms with E-state index in [4.69, 9.17) is 9.15 Å². The minimum atomic E-state index is -0.580. The summed E-state index contributed by atoms with van der Waals surface area (Å²) in [5, 5.41) is 11.0.